The summed E-state index contributed by atoms with van der Waals surface area (Å²) in [4.78, 5) is 25.2. The number of hydrogen-bond donors (Lipinski definition) is 1. The maximum absolute atomic E-state index is 12.4. The summed E-state index contributed by atoms with van der Waals surface area (Å²) in [6.45, 7) is 1.82. The number of carboxylic acid groups (broad SMARTS) is 1. The molecule has 2 aromatic rings. The summed E-state index contributed by atoms with van der Waals surface area (Å²) >= 11 is 7.48. The highest BCUT2D eigenvalue weighted by molar-refractivity contribution is 8.00. The smallest absolute Gasteiger partial charge is 0.335 e. The number of benzene rings is 2. The maximum Gasteiger partial charge on any atom is 0.335 e. The van der Waals surface area contributed by atoms with E-state index < -0.39 is 5.97 Å². The molecule has 1 N–H and O–H groups in total. The van der Waals surface area contributed by atoms with E-state index in [1.807, 2.05) is 19.1 Å². The molecule has 0 aliphatic carbocycles. The highest BCUT2D eigenvalue weighted by Crippen LogP contribution is 2.43. The molecule has 118 valence electrons. The van der Waals surface area contributed by atoms with Gasteiger partial charge in [-0.15, -0.1) is 11.8 Å². The Hall–Kier alpha value is -1.98. The second-order valence-corrected chi connectivity index (χ2v) is 6.79. The first-order valence-corrected chi connectivity index (χ1v) is 8.43. The number of thioether (sulfide) groups is 1. The molecule has 0 radical (unpaired) electrons. The van der Waals surface area contributed by atoms with E-state index in [-0.39, 0.29) is 16.8 Å². The summed E-state index contributed by atoms with van der Waals surface area (Å²) in [6.07, 6.45) is 0. The van der Waals surface area contributed by atoms with E-state index in [1.54, 1.807) is 40.9 Å². The van der Waals surface area contributed by atoms with Gasteiger partial charge in [0.2, 0.25) is 5.91 Å². The van der Waals surface area contributed by atoms with Crippen molar-refractivity contribution in [3.63, 3.8) is 0 Å². The van der Waals surface area contributed by atoms with Crippen molar-refractivity contribution in [3.05, 3.63) is 64.2 Å². The molecule has 1 fully saturated rings. The number of halogens is 1. The molecule has 1 amide bonds. The predicted octanol–water partition coefficient (Wildman–Crippen LogP) is 4.13. The average molecular weight is 348 g/mol. The van der Waals surface area contributed by atoms with Gasteiger partial charge in [0.1, 0.15) is 5.37 Å². The van der Waals surface area contributed by atoms with Gasteiger partial charge >= 0.3 is 5.97 Å². The van der Waals surface area contributed by atoms with Gasteiger partial charge in [0, 0.05) is 10.7 Å². The van der Waals surface area contributed by atoms with Gasteiger partial charge in [0.25, 0.3) is 0 Å². The predicted molar refractivity (Wildman–Crippen MR) is 92.3 cm³/mol. The Kier molecular flexibility index (Phi) is 4.33. The van der Waals surface area contributed by atoms with Crippen LogP contribution in [-0.2, 0) is 4.79 Å². The number of rotatable bonds is 3. The third-order valence-corrected chi connectivity index (χ3v) is 5.19. The minimum absolute atomic E-state index is 0.0149. The van der Waals surface area contributed by atoms with Gasteiger partial charge in [-0.25, -0.2) is 4.79 Å². The molecule has 1 unspecified atom stereocenters. The molecule has 23 heavy (non-hydrogen) atoms. The monoisotopic (exact) mass is 347 g/mol. The van der Waals surface area contributed by atoms with Gasteiger partial charge < -0.3 is 5.11 Å². The first-order valence-electron chi connectivity index (χ1n) is 7.00. The zero-order valence-electron chi connectivity index (χ0n) is 12.3. The third-order valence-electron chi connectivity index (χ3n) is 3.73. The van der Waals surface area contributed by atoms with E-state index in [0.717, 1.165) is 16.8 Å². The Bertz CT molecular complexity index is 776. The van der Waals surface area contributed by atoms with Crippen LogP contribution in [0.4, 0.5) is 5.69 Å². The lowest BCUT2D eigenvalue weighted by Gasteiger charge is -2.26. The lowest BCUT2D eigenvalue weighted by molar-refractivity contribution is -0.115. The molecule has 4 nitrogen and oxygen atoms in total. The number of aromatic carboxylic acids is 1. The van der Waals surface area contributed by atoms with Crippen LogP contribution in [0.3, 0.4) is 0 Å². The van der Waals surface area contributed by atoms with Crippen molar-refractivity contribution in [2.24, 2.45) is 0 Å². The zero-order valence-corrected chi connectivity index (χ0v) is 13.9. The number of carboxylic acids is 1. The van der Waals surface area contributed by atoms with Crippen molar-refractivity contribution in [1.29, 1.82) is 0 Å². The van der Waals surface area contributed by atoms with Crippen LogP contribution in [0.5, 0.6) is 0 Å². The van der Waals surface area contributed by atoms with Crippen LogP contribution >= 0.6 is 23.4 Å². The number of aryl methyl sites for hydroxylation is 1. The summed E-state index contributed by atoms with van der Waals surface area (Å²) in [5.41, 5.74) is 2.71. The van der Waals surface area contributed by atoms with Crippen LogP contribution in [0.25, 0.3) is 0 Å². The maximum atomic E-state index is 12.4. The van der Waals surface area contributed by atoms with Crippen molar-refractivity contribution >= 4 is 40.9 Å². The topological polar surface area (TPSA) is 57.6 Å². The third kappa shape index (κ3) is 3.07. The molecule has 1 aliphatic heterocycles. The molecule has 0 aromatic heterocycles. The van der Waals surface area contributed by atoms with Gasteiger partial charge in [-0.1, -0.05) is 23.7 Å². The molecule has 1 heterocycles. The van der Waals surface area contributed by atoms with Crippen molar-refractivity contribution < 1.29 is 14.7 Å². The summed E-state index contributed by atoms with van der Waals surface area (Å²) in [7, 11) is 0. The highest BCUT2D eigenvalue weighted by Gasteiger charge is 2.34. The van der Waals surface area contributed by atoms with Gasteiger partial charge in [0.15, 0.2) is 0 Å². The van der Waals surface area contributed by atoms with Crippen LogP contribution in [0.1, 0.15) is 26.9 Å². The molecule has 3 rings (SSSR count). The van der Waals surface area contributed by atoms with Gasteiger partial charge in [-0.05, 0) is 48.4 Å². The number of nitrogens with zero attached hydrogens (tertiary/aromatic N) is 1. The number of hydrogen-bond acceptors (Lipinski definition) is 3. The molecule has 1 atom stereocenters. The fourth-order valence-electron chi connectivity index (χ4n) is 2.62. The van der Waals surface area contributed by atoms with Crippen LogP contribution in [0.15, 0.2) is 42.5 Å². The first kappa shape index (κ1) is 15.9. The van der Waals surface area contributed by atoms with Gasteiger partial charge in [-0.2, -0.15) is 0 Å². The van der Waals surface area contributed by atoms with Gasteiger partial charge in [-0.3, -0.25) is 9.69 Å². The highest BCUT2D eigenvalue weighted by atomic mass is 35.5. The lowest BCUT2D eigenvalue weighted by atomic mass is 10.1. The summed E-state index contributed by atoms with van der Waals surface area (Å²) in [5.74, 6) is -0.565. The summed E-state index contributed by atoms with van der Waals surface area (Å²) in [6, 6.07) is 12.2. The standard InChI is InChI=1S/C17H14ClNO3S/c1-10-8-12(17(21)22)4-7-14(10)19-15(20)9-23-16(19)11-2-5-13(18)6-3-11/h2-8,16H,9H2,1H3,(H,21,22). The minimum Gasteiger partial charge on any atom is -0.478 e. The largest absolute Gasteiger partial charge is 0.478 e. The number of amides is 1. The van der Waals surface area contributed by atoms with Crippen molar-refractivity contribution in [1.82, 2.24) is 0 Å². The quantitative estimate of drug-likeness (QED) is 0.907. The molecule has 0 saturated carbocycles. The molecule has 1 saturated heterocycles. The zero-order chi connectivity index (χ0) is 16.6. The van der Waals surface area contributed by atoms with E-state index in [2.05, 4.69) is 0 Å². The Balaban J connectivity index is 2.00. The Morgan fingerprint density at radius 3 is 2.57 bits per heavy atom. The molecule has 6 heteroatoms. The lowest BCUT2D eigenvalue weighted by Crippen LogP contribution is -2.28. The molecule has 0 bridgehead atoms. The first-order chi connectivity index (χ1) is 11.0. The van der Waals surface area contributed by atoms with Crippen molar-refractivity contribution in [2.75, 3.05) is 10.7 Å². The fraction of sp³-hybridized carbons (Fsp3) is 0.176. The fourth-order valence-corrected chi connectivity index (χ4v) is 3.91. The van der Waals surface area contributed by atoms with Gasteiger partial charge in [0.05, 0.1) is 11.3 Å². The van der Waals surface area contributed by atoms with E-state index in [9.17, 15) is 9.59 Å². The minimum atomic E-state index is -0.976. The molecule has 1 aliphatic rings. The van der Waals surface area contributed by atoms with Crippen LogP contribution in [0, 0.1) is 6.92 Å². The van der Waals surface area contributed by atoms with E-state index in [4.69, 9.17) is 16.7 Å². The second kappa shape index (κ2) is 6.26. The van der Waals surface area contributed by atoms with Crippen molar-refractivity contribution in [3.8, 4) is 0 Å². The Morgan fingerprint density at radius 1 is 1.26 bits per heavy atom. The van der Waals surface area contributed by atoms with Crippen LogP contribution < -0.4 is 4.90 Å². The average Bonchev–Trinajstić information content (AvgIpc) is 2.89. The van der Waals surface area contributed by atoms with Crippen LogP contribution in [-0.4, -0.2) is 22.7 Å². The Labute approximate surface area is 143 Å². The van der Waals surface area contributed by atoms with E-state index in [1.165, 1.54) is 6.07 Å². The normalized spacial score (nSPS) is 17.6. The SMILES string of the molecule is Cc1cc(C(=O)O)ccc1N1C(=O)CSC1c1ccc(Cl)cc1. The Morgan fingerprint density at radius 2 is 1.96 bits per heavy atom. The number of carbonyl (C=O) groups is 2. The summed E-state index contributed by atoms with van der Waals surface area (Å²) < 4.78 is 0. The van der Waals surface area contributed by atoms with Crippen molar-refractivity contribution in [2.45, 2.75) is 12.3 Å². The second-order valence-electron chi connectivity index (χ2n) is 5.29. The molecule has 2 aromatic carbocycles. The van der Waals surface area contributed by atoms with E-state index >= 15 is 0 Å². The molecular weight excluding hydrogens is 334 g/mol. The molecular formula is C17H14ClNO3S. The molecule has 0 spiro atoms. The number of anilines is 1. The van der Waals surface area contributed by atoms with Crippen LogP contribution in [0.2, 0.25) is 5.02 Å². The number of carbonyl (C=O) groups excluding carboxylic acids is 1. The van der Waals surface area contributed by atoms with E-state index in [0.29, 0.717) is 10.8 Å². The summed E-state index contributed by atoms with van der Waals surface area (Å²) in [5, 5.41) is 9.60.